The molecule has 0 aromatic carbocycles. The van der Waals surface area contributed by atoms with E-state index in [4.69, 9.17) is 0 Å². The molecule has 2 atom stereocenters. The molecule has 0 aromatic rings. The van der Waals surface area contributed by atoms with Gasteiger partial charge in [0.25, 0.3) is 0 Å². The zero-order valence-electron chi connectivity index (χ0n) is 10.8. The summed E-state index contributed by atoms with van der Waals surface area (Å²) in [6, 6.07) is 0. The van der Waals surface area contributed by atoms with Crippen LogP contribution in [0.15, 0.2) is 0 Å². The Kier molecular flexibility index (Phi) is 1.95. The van der Waals surface area contributed by atoms with Gasteiger partial charge in [0.05, 0.1) is 20.9 Å². The van der Waals surface area contributed by atoms with Crippen molar-refractivity contribution < 1.29 is 0 Å². The van der Waals surface area contributed by atoms with Crippen LogP contribution >= 0.6 is 0 Å². The van der Waals surface area contributed by atoms with E-state index in [1.807, 2.05) is 5.92 Å². The lowest BCUT2D eigenvalue weighted by Crippen LogP contribution is -2.54. The highest BCUT2D eigenvalue weighted by Crippen LogP contribution is 2.69. The minimum absolute atomic E-state index is 0.836. The molecule has 4 rings (SSSR count). The van der Waals surface area contributed by atoms with Gasteiger partial charge in [0, 0.05) is 0 Å². The van der Waals surface area contributed by atoms with Crippen LogP contribution in [-0.2, 0) is 0 Å². The molecule has 0 N–H and O–H groups in total. The molecule has 0 saturated heterocycles. The van der Waals surface area contributed by atoms with Crippen molar-refractivity contribution in [3.05, 3.63) is 5.92 Å². The quantitative estimate of drug-likeness (QED) is 0.452. The van der Waals surface area contributed by atoms with E-state index in [9.17, 15) is 0 Å². The molecule has 4 aliphatic rings. The highest BCUT2D eigenvalue weighted by Gasteiger charge is 2.63. The van der Waals surface area contributed by atoms with Gasteiger partial charge in [0.1, 0.15) is 11.8 Å². The molecule has 0 radical (unpaired) electrons. The van der Waals surface area contributed by atoms with E-state index in [-0.39, 0.29) is 0 Å². The molecule has 4 fully saturated rings. The molecule has 1 heteroatoms. The van der Waals surface area contributed by atoms with E-state index in [1.165, 1.54) is 0 Å². The third kappa shape index (κ3) is 1.28. The summed E-state index contributed by atoms with van der Waals surface area (Å²) < 4.78 is 0. The largest absolute Gasteiger partial charge is 0.101 e. The number of hydrogen-bond donors (Lipinski definition) is 0. The van der Waals surface area contributed by atoms with Crippen molar-refractivity contribution in [2.45, 2.75) is 63.7 Å². The van der Waals surface area contributed by atoms with Crippen molar-refractivity contribution in [3.8, 4) is 0 Å². The maximum atomic E-state index is 2.62. The van der Waals surface area contributed by atoms with Gasteiger partial charge in [-0.1, -0.05) is 19.6 Å². The van der Waals surface area contributed by atoms with E-state index < -0.39 is 8.07 Å². The van der Waals surface area contributed by atoms with Gasteiger partial charge >= 0.3 is 0 Å². The Morgan fingerprint density at radius 1 is 1.00 bits per heavy atom. The summed E-state index contributed by atoms with van der Waals surface area (Å²) in [6.45, 7) is 10.3. The monoisotopic (exact) mass is 221 g/mol. The molecule has 0 amide bonds. The van der Waals surface area contributed by atoms with Crippen LogP contribution < -0.4 is 0 Å². The molecular formula is C14H25Si+. The average Bonchev–Trinajstić information content (AvgIpc) is 2.10. The molecule has 15 heavy (non-hydrogen) atoms. The van der Waals surface area contributed by atoms with Crippen LogP contribution in [0.2, 0.25) is 24.7 Å². The zero-order valence-corrected chi connectivity index (χ0v) is 11.8. The Morgan fingerprint density at radius 2 is 1.53 bits per heavy atom. The molecule has 2 unspecified atom stereocenters. The lowest BCUT2D eigenvalue weighted by atomic mass is 9.52. The fourth-order valence-electron chi connectivity index (χ4n) is 4.93. The molecule has 4 aliphatic carbocycles. The van der Waals surface area contributed by atoms with Crippen LogP contribution in [0.1, 0.15) is 39.0 Å². The Morgan fingerprint density at radius 3 is 2.00 bits per heavy atom. The minimum atomic E-state index is -0.952. The SMILES string of the molecule is C[C+]1C2CC3CC1CC([Si](C)(C)C)(C3)C2. The number of rotatable bonds is 1. The Balaban J connectivity index is 1.96. The summed E-state index contributed by atoms with van der Waals surface area (Å²) in [6.07, 6.45) is 7.84. The van der Waals surface area contributed by atoms with E-state index >= 15 is 0 Å². The molecule has 0 heterocycles. The second-order valence-corrected chi connectivity index (χ2v) is 13.2. The van der Waals surface area contributed by atoms with Gasteiger partial charge in [0.15, 0.2) is 0 Å². The lowest BCUT2D eigenvalue weighted by Gasteiger charge is -2.59. The lowest BCUT2D eigenvalue weighted by molar-refractivity contribution is 0.0490. The highest BCUT2D eigenvalue weighted by molar-refractivity contribution is 6.79. The molecule has 0 nitrogen and oxygen atoms in total. The minimum Gasteiger partial charge on any atom is -0.0691 e. The van der Waals surface area contributed by atoms with Crippen molar-refractivity contribution in [1.29, 1.82) is 0 Å². The maximum Gasteiger partial charge on any atom is 0.101 e. The van der Waals surface area contributed by atoms with Gasteiger partial charge in [-0.05, 0) is 43.1 Å². The van der Waals surface area contributed by atoms with Gasteiger partial charge in [-0.15, -0.1) is 0 Å². The van der Waals surface area contributed by atoms with E-state index in [2.05, 4.69) is 26.6 Å². The molecular weight excluding hydrogens is 196 g/mol. The average molecular weight is 221 g/mol. The van der Waals surface area contributed by atoms with Gasteiger partial charge in [-0.25, -0.2) is 0 Å². The standard InChI is InChI=1S/C14H25Si/c1-10-12-5-11-6-13(10)9-14(7-11,8-12)15(2,3)4/h11-13H,5-9H2,1-4H3/q+1. The van der Waals surface area contributed by atoms with Crippen LogP contribution in [0, 0.1) is 23.7 Å². The molecule has 4 bridgehead atoms. The third-order valence-corrected chi connectivity index (χ3v) is 9.86. The molecule has 0 aromatic heterocycles. The van der Waals surface area contributed by atoms with Gasteiger partial charge < -0.3 is 0 Å². The fraction of sp³-hybridized carbons (Fsp3) is 0.929. The Hall–Kier alpha value is 0.0869. The molecule has 84 valence electrons. The predicted molar refractivity (Wildman–Crippen MR) is 68.5 cm³/mol. The van der Waals surface area contributed by atoms with Crippen molar-refractivity contribution in [1.82, 2.24) is 0 Å². The van der Waals surface area contributed by atoms with Crippen molar-refractivity contribution in [2.24, 2.45) is 17.8 Å². The van der Waals surface area contributed by atoms with Crippen molar-refractivity contribution in [2.75, 3.05) is 0 Å². The second-order valence-electron chi connectivity index (χ2n) is 7.62. The Labute approximate surface area is 95.8 Å². The maximum absolute atomic E-state index is 2.62. The first kappa shape index (κ1) is 10.3. The first-order valence-corrected chi connectivity index (χ1v) is 10.2. The summed E-state index contributed by atoms with van der Waals surface area (Å²) >= 11 is 0. The van der Waals surface area contributed by atoms with Gasteiger partial charge in [-0.2, -0.15) is 0 Å². The van der Waals surface area contributed by atoms with Crippen molar-refractivity contribution in [3.63, 3.8) is 0 Å². The molecule has 0 aliphatic heterocycles. The normalized spacial score (nSPS) is 48.8. The zero-order chi connectivity index (χ0) is 10.8. The van der Waals surface area contributed by atoms with E-state index in [0.29, 0.717) is 0 Å². The summed E-state index contributed by atoms with van der Waals surface area (Å²) in [5.41, 5.74) is 0. The van der Waals surface area contributed by atoms with Crippen LogP contribution in [-0.4, -0.2) is 8.07 Å². The predicted octanol–water partition coefficient (Wildman–Crippen LogP) is 4.50. The first-order valence-electron chi connectivity index (χ1n) is 6.75. The number of hydrogen-bond acceptors (Lipinski definition) is 0. The highest BCUT2D eigenvalue weighted by atomic mass is 28.3. The van der Waals surface area contributed by atoms with Gasteiger partial charge in [-0.3, -0.25) is 0 Å². The second kappa shape index (κ2) is 2.85. The third-order valence-electron chi connectivity index (χ3n) is 6.07. The fourth-order valence-corrected chi connectivity index (χ4v) is 7.54. The topological polar surface area (TPSA) is 0 Å². The van der Waals surface area contributed by atoms with Crippen LogP contribution in [0.5, 0.6) is 0 Å². The van der Waals surface area contributed by atoms with E-state index in [0.717, 1.165) is 22.8 Å². The smallest absolute Gasteiger partial charge is 0.0691 e. The summed E-state index contributed by atoms with van der Waals surface area (Å²) in [5.74, 6) is 5.06. The molecule has 0 spiro atoms. The van der Waals surface area contributed by atoms with Crippen LogP contribution in [0.4, 0.5) is 0 Å². The van der Waals surface area contributed by atoms with Crippen molar-refractivity contribution >= 4 is 8.07 Å². The van der Waals surface area contributed by atoms with E-state index in [1.54, 1.807) is 32.1 Å². The first-order chi connectivity index (χ1) is 6.91. The van der Waals surface area contributed by atoms with Crippen LogP contribution in [0.25, 0.3) is 0 Å². The van der Waals surface area contributed by atoms with Crippen LogP contribution in [0.3, 0.4) is 0 Å². The summed E-state index contributed by atoms with van der Waals surface area (Å²) in [7, 11) is -0.952. The summed E-state index contributed by atoms with van der Waals surface area (Å²) in [4.78, 5) is 0. The Bertz CT molecular complexity index is 260. The van der Waals surface area contributed by atoms with Gasteiger partial charge in [0.2, 0.25) is 0 Å². The summed E-state index contributed by atoms with van der Waals surface area (Å²) in [5, 5.41) is 0.836. The molecule has 4 saturated carbocycles.